The second kappa shape index (κ2) is 9.29. The maximum absolute atomic E-state index is 13.0. The third kappa shape index (κ3) is 5.20. The fraction of sp³-hybridized carbons (Fsp3) is 0.250. The van der Waals surface area contributed by atoms with Crippen LogP contribution in [0.4, 0.5) is 11.6 Å². The van der Waals surface area contributed by atoms with Crippen molar-refractivity contribution in [3.05, 3.63) is 58.9 Å². The zero-order valence-corrected chi connectivity index (χ0v) is 19.6. The normalized spacial score (nSPS) is 12.4. The Balaban J connectivity index is 1.93. The number of benzene rings is 2. The number of sulfonamides is 1. The molecule has 1 aromatic heterocycles. The Labute approximate surface area is 191 Å². The van der Waals surface area contributed by atoms with Crippen molar-refractivity contribution in [3.8, 4) is 0 Å². The standard InChI is InChI=1S/C20H22ClN5O3S2/c1-4-13(3)26-11-22-24-20(26)25-31(28,29)18-9-15(16(21)10-17(18)30)19(27)23-14-7-5-12(2)6-8-14/h5-11,13,30H,4H2,1-3H3,(H,23,27)(H,24,25). The van der Waals surface area contributed by atoms with E-state index in [0.29, 0.717) is 5.69 Å². The summed E-state index contributed by atoms with van der Waals surface area (Å²) in [6, 6.07) is 9.69. The largest absolute Gasteiger partial charge is 0.322 e. The molecule has 1 heterocycles. The van der Waals surface area contributed by atoms with Crippen LogP contribution < -0.4 is 10.0 Å². The molecule has 0 saturated heterocycles. The Hall–Kier alpha value is -2.56. The maximum atomic E-state index is 13.0. The van der Waals surface area contributed by atoms with E-state index < -0.39 is 15.9 Å². The predicted molar refractivity (Wildman–Crippen MR) is 124 cm³/mol. The molecule has 2 aromatic carbocycles. The molecule has 0 fully saturated rings. The molecule has 0 saturated carbocycles. The van der Waals surface area contributed by atoms with Crippen LogP contribution in [0.5, 0.6) is 0 Å². The number of nitrogens with zero attached hydrogens (tertiary/aromatic N) is 3. The summed E-state index contributed by atoms with van der Waals surface area (Å²) in [5.41, 5.74) is 1.61. The average molecular weight is 480 g/mol. The van der Waals surface area contributed by atoms with E-state index in [1.807, 2.05) is 32.9 Å². The molecule has 0 aliphatic carbocycles. The summed E-state index contributed by atoms with van der Waals surface area (Å²) < 4.78 is 30.1. The van der Waals surface area contributed by atoms with E-state index in [1.54, 1.807) is 16.7 Å². The van der Waals surface area contributed by atoms with E-state index >= 15 is 0 Å². The van der Waals surface area contributed by atoms with Crippen molar-refractivity contribution in [1.82, 2.24) is 14.8 Å². The highest BCUT2D eigenvalue weighted by Gasteiger charge is 2.24. The minimum Gasteiger partial charge on any atom is -0.322 e. The summed E-state index contributed by atoms with van der Waals surface area (Å²) >= 11 is 10.5. The first-order valence-electron chi connectivity index (χ1n) is 9.45. The lowest BCUT2D eigenvalue weighted by atomic mass is 10.2. The minimum absolute atomic E-state index is 0.00353. The van der Waals surface area contributed by atoms with Gasteiger partial charge in [0.05, 0.1) is 10.6 Å². The molecular weight excluding hydrogens is 458 g/mol. The van der Waals surface area contributed by atoms with Crippen LogP contribution in [0.25, 0.3) is 0 Å². The Morgan fingerprint density at radius 3 is 2.58 bits per heavy atom. The predicted octanol–water partition coefficient (Wildman–Crippen LogP) is 4.55. The summed E-state index contributed by atoms with van der Waals surface area (Å²) in [6.45, 7) is 5.81. The summed E-state index contributed by atoms with van der Waals surface area (Å²) in [4.78, 5) is 12.6. The average Bonchev–Trinajstić information content (AvgIpc) is 3.16. The summed E-state index contributed by atoms with van der Waals surface area (Å²) in [5.74, 6) is -0.468. The van der Waals surface area contributed by atoms with Crippen molar-refractivity contribution in [2.75, 3.05) is 10.0 Å². The van der Waals surface area contributed by atoms with Gasteiger partial charge in [-0.15, -0.1) is 22.8 Å². The van der Waals surface area contributed by atoms with Gasteiger partial charge in [0.1, 0.15) is 11.2 Å². The molecule has 3 rings (SSSR count). The van der Waals surface area contributed by atoms with Gasteiger partial charge in [-0.25, -0.2) is 13.1 Å². The molecule has 1 unspecified atom stereocenters. The van der Waals surface area contributed by atoms with Gasteiger partial charge in [0.25, 0.3) is 15.9 Å². The summed E-state index contributed by atoms with van der Waals surface area (Å²) in [6.07, 6.45) is 2.21. The topological polar surface area (TPSA) is 106 Å². The van der Waals surface area contributed by atoms with Gasteiger partial charge in [-0.3, -0.25) is 9.36 Å². The second-order valence-electron chi connectivity index (χ2n) is 7.04. The van der Waals surface area contributed by atoms with E-state index in [0.717, 1.165) is 12.0 Å². The van der Waals surface area contributed by atoms with Crippen molar-refractivity contribution in [2.45, 2.75) is 43.0 Å². The van der Waals surface area contributed by atoms with Gasteiger partial charge in [-0.05, 0) is 44.5 Å². The summed E-state index contributed by atoms with van der Waals surface area (Å²) in [5, 5.41) is 10.4. The molecule has 3 aromatic rings. The van der Waals surface area contributed by atoms with Crippen LogP contribution >= 0.6 is 24.2 Å². The Morgan fingerprint density at radius 1 is 1.26 bits per heavy atom. The van der Waals surface area contributed by atoms with Crippen molar-refractivity contribution in [1.29, 1.82) is 0 Å². The minimum atomic E-state index is -4.12. The molecule has 1 amide bonds. The van der Waals surface area contributed by atoms with E-state index in [9.17, 15) is 13.2 Å². The number of hydrogen-bond donors (Lipinski definition) is 3. The monoisotopic (exact) mass is 479 g/mol. The lowest BCUT2D eigenvalue weighted by molar-refractivity contribution is 0.102. The molecule has 0 aliphatic rings. The zero-order valence-electron chi connectivity index (χ0n) is 17.1. The molecule has 31 heavy (non-hydrogen) atoms. The first-order chi connectivity index (χ1) is 14.6. The molecular formula is C20H22ClN5O3S2. The molecule has 0 radical (unpaired) electrons. The summed E-state index contributed by atoms with van der Waals surface area (Å²) in [7, 11) is -4.12. The zero-order chi connectivity index (χ0) is 22.8. The number of carbonyl (C=O) groups excluding carboxylic acids is 1. The lowest BCUT2D eigenvalue weighted by Gasteiger charge is -2.16. The van der Waals surface area contributed by atoms with Crippen LogP contribution in [-0.2, 0) is 10.0 Å². The number of aromatic nitrogens is 3. The van der Waals surface area contributed by atoms with Gasteiger partial charge in [0.15, 0.2) is 0 Å². The van der Waals surface area contributed by atoms with Gasteiger partial charge in [0, 0.05) is 16.6 Å². The molecule has 2 N–H and O–H groups in total. The van der Waals surface area contributed by atoms with Crippen molar-refractivity contribution in [2.24, 2.45) is 0 Å². The smallest absolute Gasteiger partial charge is 0.265 e. The fourth-order valence-corrected chi connectivity index (χ4v) is 4.76. The van der Waals surface area contributed by atoms with Gasteiger partial charge in [0.2, 0.25) is 5.95 Å². The first-order valence-corrected chi connectivity index (χ1v) is 11.8. The molecule has 0 aliphatic heterocycles. The van der Waals surface area contributed by atoms with Gasteiger partial charge >= 0.3 is 0 Å². The van der Waals surface area contributed by atoms with Gasteiger partial charge < -0.3 is 5.32 Å². The highest BCUT2D eigenvalue weighted by Crippen LogP contribution is 2.30. The van der Waals surface area contributed by atoms with Crippen LogP contribution in [0.2, 0.25) is 5.02 Å². The molecule has 0 spiro atoms. The van der Waals surface area contributed by atoms with E-state index in [4.69, 9.17) is 11.6 Å². The van der Waals surface area contributed by atoms with Crippen LogP contribution in [0, 0.1) is 6.92 Å². The highest BCUT2D eigenvalue weighted by molar-refractivity contribution is 7.93. The highest BCUT2D eigenvalue weighted by atomic mass is 35.5. The number of nitrogens with one attached hydrogen (secondary N) is 2. The third-order valence-corrected chi connectivity index (χ3v) is 6.96. The van der Waals surface area contributed by atoms with Crippen molar-refractivity contribution in [3.63, 3.8) is 0 Å². The van der Waals surface area contributed by atoms with Crippen molar-refractivity contribution < 1.29 is 13.2 Å². The number of carbonyl (C=O) groups is 1. The number of thiol groups is 1. The first kappa shape index (κ1) is 23.1. The Kier molecular flexibility index (Phi) is 6.93. The Morgan fingerprint density at radius 2 is 1.94 bits per heavy atom. The number of halogens is 1. The molecule has 11 heteroatoms. The maximum Gasteiger partial charge on any atom is 0.265 e. The van der Waals surface area contributed by atoms with Gasteiger partial charge in [-0.1, -0.05) is 36.2 Å². The molecule has 0 bridgehead atoms. The number of hydrogen-bond acceptors (Lipinski definition) is 6. The number of anilines is 2. The van der Waals surface area contributed by atoms with Crippen LogP contribution in [0.1, 0.15) is 42.2 Å². The lowest BCUT2D eigenvalue weighted by Crippen LogP contribution is -2.20. The van der Waals surface area contributed by atoms with E-state index in [1.165, 1.54) is 18.5 Å². The number of amides is 1. The van der Waals surface area contributed by atoms with E-state index in [2.05, 4.69) is 32.9 Å². The molecule has 164 valence electrons. The SMILES string of the molecule is CCC(C)n1cnnc1NS(=O)(=O)c1cc(C(=O)Nc2ccc(C)cc2)c(Cl)cc1S. The van der Waals surface area contributed by atoms with Crippen LogP contribution in [0.15, 0.2) is 52.5 Å². The third-order valence-electron chi connectivity index (χ3n) is 4.76. The number of aryl methyl sites for hydroxylation is 1. The van der Waals surface area contributed by atoms with Gasteiger partial charge in [-0.2, -0.15) is 0 Å². The van der Waals surface area contributed by atoms with Crippen LogP contribution in [-0.4, -0.2) is 29.1 Å². The molecule has 1 atom stereocenters. The Bertz CT molecular complexity index is 1210. The van der Waals surface area contributed by atoms with Crippen molar-refractivity contribution >= 4 is 51.8 Å². The second-order valence-corrected chi connectivity index (χ2v) is 9.58. The quantitative estimate of drug-likeness (QED) is 0.431. The fourth-order valence-electron chi connectivity index (χ4n) is 2.78. The number of rotatable bonds is 7. The molecule has 8 nitrogen and oxygen atoms in total. The van der Waals surface area contributed by atoms with Crippen LogP contribution in [0.3, 0.4) is 0 Å². The van der Waals surface area contributed by atoms with E-state index in [-0.39, 0.29) is 32.4 Å².